The van der Waals surface area contributed by atoms with Gasteiger partial charge in [0.2, 0.25) is 0 Å². The lowest BCUT2D eigenvalue weighted by Gasteiger charge is -2.23. The third-order valence-electron chi connectivity index (χ3n) is 6.60. The van der Waals surface area contributed by atoms with Crippen molar-refractivity contribution in [2.75, 3.05) is 25.1 Å². The van der Waals surface area contributed by atoms with Gasteiger partial charge in [0.25, 0.3) is 5.91 Å². The average Bonchev–Trinajstić information content (AvgIpc) is 3.24. The normalized spacial score (nSPS) is 19.9. The number of hydrogen-bond acceptors (Lipinski definition) is 5. The van der Waals surface area contributed by atoms with Crippen molar-refractivity contribution < 1.29 is 14.3 Å². The maximum absolute atomic E-state index is 13.0. The van der Waals surface area contributed by atoms with E-state index in [4.69, 9.17) is 21.1 Å². The van der Waals surface area contributed by atoms with Gasteiger partial charge < -0.3 is 25.1 Å². The Balaban J connectivity index is 1.57. The lowest BCUT2D eigenvalue weighted by Crippen LogP contribution is -2.33. The number of ether oxygens (including phenoxy) is 2. The second-order valence-electron chi connectivity index (χ2n) is 8.98. The molecule has 0 aliphatic carbocycles. The van der Waals surface area contributed by atoms with E-state index in [-0.39, 0.29) is 17.9 Å². The molecule has 2 aliphatic heterocycles. The van der Waals surface area contributed by atoms with Crippen LogP contribution < -0.4 is 15.4 Å². The van der Waals surface area contributed by atoms with Crippen LogP contribution in [0, 0.1) is 6.92 Å². The van der Waals surface area contributed by atoms with Gasteiger partial charge in [-0.05, 0) is 49.9 Å². The first-order valence-electron chi connectivity index (χ1n) is 11.8. The van der Waals surface area contributed by atoms with E-state index in [0.717, 1.165) is 54.1 Å². The SMILES string of the molecule is Cc1c(Cl)cccc1Nc1c(-c2ccncc2OCC2CCCCO2)[nH]c2c1C(=O)NCC2C. The van der Waals surface area contributed by atoms with Crippen LogP contribution >= 0.6 is 11.6 Å². The number of rotatable bonds is 6. The predicted octanol–water partition coefficient (Wildman–Crippen LogP) is 5.58. The third-order valence-corrected chi connectivity index (χ3v) is 7.01. The van der Waals surface area contributed by atoms with Crippen LogP contribution in [0.1, 0.15) is 53.7 Å². The summed E-state index contributed by atoms with van der Waals surface area (Å²) in [5.74, 6) is 0.684. The molecule has 0 bridgehead atoms. The highest BCUT2D eigenvalue weighted by Gasteiger charge is 2.32. The molecular weight excluding hydrogens is 452 g/mol. The van der Waals surface area contributed by atoms with E-state index in [1.807, 2.05) is 31.2 Å². The van der Waals surface area contributed by atoms with Crippen LogP contribution in [-0.2, 0) is 4.74 Å². The molecule has 1 amide bonds. The number of halogens is 1. The zero-order valence-corrected chi connectivity index (χ0v) is 20.2. The highest BCUT2D eigenvalue weighted by Crippen LogP contribution is 2.43. The molecule has 2 unspecified atom stereocenters. The molecule has 0 saturated carbocycles. The first-order chi connectivity index (χ1) is 16.5. The molecule has 3 N–H and O–H groups in total. The summed E-state index contributed by atoms with van der Waals surface area (Å²) < 4.78 is 12.0. The van der Waals surface area contributed by atoms with Crippen molar-refractivity contribution in [2.24, 2.45) is 0 Å². The molecule has 2 aliphatic rings. The molecule has 1 fully saturated rings. The number of aromatic nitrogens is 2. The van der Waals surface area contributed by atoms with Crippen molar-refractivity contribution in [2.45, 2.75) is 45.1 Å². The second kappa shape index (κ2) is 9.68. The quantitative estimate of drug-likeness (QED) is 0.429. The zero-order chi connectivity index (χ0) is 23.7. The summed E-state index contributed by atoms with van der Waals surface area (Å²) in [5.41, 5.74) is 5.60. The minimum atomic E-state index is -0.107. The van der Waals surface area contributed by atoms with Crippen molar-refractivity contribution in [1.29, 1.82) is 0 Å². The van der Waals surface area contributed by atoms with Crippen LogP contribution in [-0.4, -0.2) is 41.7 Å². The van der Waals surface area contributed by atoms with Gasteiger partial charge in [-0.25, -0.2) is 0 Å². The molecular formula is C26H29ClN4O3. The van der Waals surface area contributed by atoms with Gasteiger partial charge in [0.05, 0.1) is 29.2 Å². The van der Waals surface area contributed by atoms with Gasteiger partial charge >= 0.3 is 0 Å². The molecule has 7 nitrogen and oxygen atoms in total. The number of anilines is 2. The summed E-state index contributed by atoms with van der Waals surface area (Å²) in [6, 6.07) is 7.61. The minimum Gasteiger partial charge on any atom is -0.489 e. The number of aromatic amines is 1. The number of benzene rings is 1. The summed E-state index contributed by atoms with van der Waals surface area (Å²) in [6.07, 6.45) is 6.77. The van der Waals surface area contributed by atoms with Crippen LogP contribution in [0.3, 0.4) is 0 Å². The first kappa shape index (κ1) is 22.7. The topological polar surface area (TPSA) is 88.3 Å². The molecule has 4 heterocycles. The molecule has 2 atom stereocenters. The molecule has 1 saturated heterocycles. The number of H-pyrrole nitrogens is 1. The monoisotopic (exact) mass is 480 g/mol. The lowest BCUT2D eigenvalue weighted by atomic mass is 9.98. The van der Waals surface area contributed by atoms with Gasteiger partial charge in [-0.15, -0.1) is 0 Å². The molecule has 0 radical (unpaired) electrons. The average molecular weight is 481 g/mol. The Kier molecular flexibility index (Phi) is 6.48. The van der Waals surface area contributed by atoms with Gasteiger partial charge in [0.1, 0.15) is 12.4 Å². The van der Waals surface area contributed by atoms with E-state index >= 15 is 0 Å². The number of nitrogens with zero attached hydrogens (tertiary/aromatic N) is 1. The third kappa shape index (κ3) is 4.38. The largest absolute Gasteiger partial charge is 0.489 e. The number of nitrogens with one attached hydrogen (secondary N) is 3. The highest BCUT2D eigenvalue weighted by molar-refractivity contribution is 6.31. The lowest BCUT2D eigenvalue weighted by molar-refractivity contribution is -0.0110. The Morgan fingerprint density at radius 1 is 1.29 bits per heavy atom. The number of amides is 1. The van der Waals surface area contributed by atoms with Crippen LogP contribution in [0.2, 0.25) is 5.02 Å². The first-order valence-corrected chi connectivity index (χ1v) is 12.2. The Morgan fingerprint density at radius 2 is 2.18 bits per heavy atom. The number of fused-ring (bicyclic) bond motifs is 1. The van der Waals surface area contributed by atoms with Crippen LogP contribution in [0.5, 0.6) is 5.75 Å². The van der Waals surface area contributed by atoms with Gasteiger partial charge in [-0.3, -0.25) is 9.78 Å². The second-order valence-corrected chi connectivity index (χ2v) is 9.39. The molecule has 2 aromatic heterocycles. The summed E-state index contributed by atoms with van der Waals surface area (Å²) in [7, 11) is 0. The molecule has 178 valence electrons. The Morgan fingerprint density at radius 3 is 3.00 bits per heavy atom. The predicted molar refractivity (Wildman–Crippen MR) is 133 cm³/mol. The van der Waals surface area contributed by atoms with E-state index in [2.05, 4.69) is 27.5 Å². The Bertz CT molecular complexity index is 1200. The standard InChI is InChI=1S/C26H29ClN4O3/c1-15-12-29-26(32)22-23(15)31-24(25(22)30-20-8-5-7-19(27)16(20)2)18-9-10-28-13-21(18)34-14-17-6-3-4-11-33-17/h5,7-10,13,15,17,30-31H,3-4,6,11-12,14H2,1-2H3,(H,29,32). The molecule has 0 spiro atoms. The fourth-order valence-corrected chi connectivity index (χ4v) is 4.76. The van der Waals surface area contributed by atoms with E-state index in [1.165, 1.54) is 0 Å². The van der Waals surface area contributed by atoms with Crippen LogP contribution in [0.15, 0.2) is 36.7 Å². The molecule has 34 heavy (non-hydrogen) atoms. The van der Waals surface area contributed by atoms with Gasteiger partial charge in [-0.2, -0.15) is 0 Å². The zero-order valence-electron chi connectivity index (χ0n) is 19.4. The van der Waals surface area contributed by atoms with E-state index < -0.39 is 0 Å². The summed E-state index contributed by atoms with van der Waals surface area (Å²) in [6.45, 7) is 5.87. The van der Waals surface area contributed by atoms with Gasteiger partial charge in [0, 0.05) is 47.2 Å². The van der Waals surface area contributed by atoms with Crippen molar-refractivity contribution >= 4 is 28.9 Å². The summed E-state index contributed by atoms with van der Waals surface area (Å²) in [5, 5.41) is 7.16. The number of pyridine rings is 1. The van der Waals surface area contributed by atoms with Crippen molar-refractivity contribution in [3.63, 3.8) is 0 Å². The van der Waals surface area contributed by atoms with Crippen molar-refractivity contribution in [1.82, 2.24) is 15.3 Å². The Hall–Kier alpha value is -3.03. The van der Waals surface area contributed by atoms with Crippen molar-refractivity contribution in [3.05, 3.63) is 58.5 Å². The number of hydrogen-bond donors (Lipinski definition) is 3. The van der Waals surface area contributed by atoms with E-state index in [1.54, 1.807) is 12.4 Å². The molecule has 1 aromatic carbocycles. The smallest absolute Gasteiger partial charge is 0.255 e. The highest BCUT2D eigenvalue weighted by atomic mass is 35.5. The van der Waals surface area contributed by atoms with Crippen LogP contribution in [0.4, 0.5) is 11.4 Å². The van der Waals surface area contributed by atoms with E-state index in [9.17, 15) is 4.79 Å². The maximum Gasteiger partial charge on any atom is 0.255 e. The number of carbonyl (C=O) groups is 1. The Labute approximate surface area is 204 Å². The molecule has 5 rings (SSSR count). The number of carbonyl (C=O) groups excluding carboxylic acids is 1. The van der Waals surface area contributed by atoms with Gasteiger partial charge in [-0.1, -0.05) is 24.6 Å². The van der Waals surface area contributed by atoms with Crippen LogP contribution in [0.25, 0.3) is 11.3 Å². The summed E-state index contributed by atoms with van der Waals surface area (Å²) >= 11 is 6.38. The van der Waals surface area contributed by atoms with Gasteiger partial charge in [0.15, 0.2) is 0 Å². The fraction of sp³-hybridized carbons (Fsp3) is 0.385. The minimum absolute atomic E-state index is 0.0798. The molecule has 8 heteroatoms. The summed E-state index contributed by atoms with van der Waals surface area (Å²) in [4.78, 5) is 20.8. The van der Waals surface area contributed by atoms with Crippen molar-refractivity contribution in [3.8, 4) is 17.0 Å². The fourth-order valence-electron chi connectivity index (χ4n) is 4.59. The van der Waals surface area contributed by atoms with E-state index in [0.29, 0.717) is 35.2 Å². The maximum atomic E-state index is 13.0. The molecule has 3 aromatic rings.